The van der Waals surface area contributed by atoms with Crippen molar-refractivity contribution in [2.75, 3.05) is 0 Å². The van der Waals surface area contributed by atoms with Gasteiger partial charge in [0.15, 0.2) is 0 Å². The zero-order valence-corrected chi connectivity index (χ0v) is 5.19. The predicted octanol–water partition coefficient (Wildman–Crippen LogP) is 1.04. The summed E-state index contributed by atoms with van der Waals surface area (Å²) in [5.41, 5.74) is 0. The van der Waals surface area contributed by atoms with E-state index in [4.69, 9.17) is 0 Å². The van der Waals surface area contributed by atoms with Crippen LogP contribution in [0.3, 0.4) is 0 Å². The van der Waals surface area contributed by atoms with Crippen molar-refractivity contribution in [3.63, 3.8) is 0 Å². The van der Waals surface area contributed by atoms with E-state index in [2.05, 4.69) is 0 Å². The molecule has 0 amide bonds. The molecule has 6 heteroatoms. The second kappa shape index (κ2) is 4.05. The van der Waals surface area contributed by atoms with E-state index in [0.29, 0.717) is 0 Å². The first-order valence-electron chi connectivity index (χ1n) is 2.57. The average molecular weight is 172 g/mol. The summed E-state index contributed by atoms with van der Waals surface area (Å²) < 4.78 is 45.2. The topological polar surface area (TPSA) is 34.1 Å². The maximum atomic E-state index is 11.3. The average Bonchev–Trinajstić information content (AvgIpc) is 1.87. The molecular weight excluding hydrogens is 168 g/mol. The molecule has 2 nitrogen and oxygen atoms in total. The smallest absolute Gasteiger partial charge is 0.293 e. The third kappa shape index (κ3) is 3.69. The summed E-state index contributed by atoms with van der Waals surface area (Å²) in [7, 11) is 0. The van der Waals surface area contributed by atoms with Gasteiger partial charge in [-0.25, -0.2) is 17.6 Å². The van der Waals surface area contributed by atoms with E-state index in [9.17, 15) is 27.2 Å². The molecular formula is C5H4F4O2. The highest BCUT2D eigenvalue weighted by molar-refractivity contribution is 6.01. The second-order valence-electron chi connectivity index (χ2n) is 1.71. The van der Waals surface area contributed by atoms with E-state index in [0.717, 1.165) is 0 Å². The van der Waals surface area contributed by atoms with E-state index in [1.807, 2.05) is 0 Å². The van der Waals surface area contributed by atoms with Crippen LogP contribution in [0.5, 0.6) is 0 Å². The highest BCUT2D eigenvalue weighted by atomic mass is 19.3. The Morgan fingerprint density at radius 1 is 0.909 bits per heavy atom. The van der Waals surface area contributed by atoms with Crippen molar-refractivity contribution in [2.45, 2.75) is 19.3 Å². The van der Waals surface area contributed by atoms with Crippen molar-refractivity contribution in [3.05, 3.63) is 0 Å². The molecule has 64 valence electrons. The van der Waals surface area contributed by atoms with E-state index in [1.165, 1.54) is 0 Å². The first-order chi connectivity index (χ1) is 4.95. The van der Waals surface area contributed by atoms with Crippen molar-refractivity contribution in [1.82, 2.24) is 0 Å². The SMILES string of the molecule is O=C(CC(=O)C(F)F)C(F)F. The summed E-state index contributed by atoms with van der Waals surface area (Å²) in [6, 6.07) is 0. The molecule has 0 aliphatic rings. The molecule has 0 saturated carbocycles. The Balaban J connectivity index is 3.86. The fourth-order valence-electron chi connectivity index (χ4n) is 0.326. The van der Waals surface area contributed by atoms with Crippen LogP contribution >= 0.6 is 0 Å². The molecule has 0 aromatic carbocycles. The van der Waals surface area contributed by atoms with Gasteiger partial charge in [0.1, 0.15) is 0 Å². The molecule has 0 spiro atoms. The molecule has 0 N–H and O–H groups in total. The minimum atomic E-state index is -3.35. The summed E-state index contributed by atoms with van der Waals surface area (Å²) in [4.78, 5) is 19.9. The number of Topliss-reactive ketones (excluding diaryl/α,β-unsaturated/α-hetero) is 2. The lowest BCUT2D eigenvalue weighted by molar-refractivity contribution is -0.138. The van der Waals surface area contributed by atoms with Crippen LogP contribution in [0.15, 0.2) is 0 Å². The minimum Gasteiger partial charge on any atom is -0.293 e. The number of hydrogen-bond acceptors (Lipinski definition) is 2. The Labute approximate surface area is 59.2 Å². The van der Waals surface area contributed by atoms with Gasteiger partial charge in [0, 0.05) is 0 Å². The Morgan fingerprint density at radius 2 is 1.18 bits per heavy atom. The van der Waals surface area contributed by atoms with Crippen LogP contribution < -0.4 is 0 Å². The molecule has 0 rings (SSSR count). The van der Waals surface area contributed by atoms with E-state index in [1.54, 1.807) is 0 Å². The number of alkyl halides is 4. The van der Waals surface area contributed by atoms with Crippen molar-refractivity contribution < 1.29 is 27.2 Å². The van der Waals surface area contributed by atoms with Crippen molar-refractivity contribution in [2.24, 2.45) is 0 Å². The molecule has 0 aliphatic carbocycles. The molecule has 0 radical (unpaired) electrons. The number of ketones is 2. The molecule has 0 bridgehead atoms. The largest absolute Gasteiger partial charge is 0.296 e. The van der Waals surface area contributed by atoms with Gasteiger partial charge in [-0.15, -0.1) is 0 Å². The fourth-order valence-corrected chi connectivity index (χ4v) is 0.326. The van der Waals surface area contributed by atoms with E-state index in [-0.39, 0.29) is 0 Å². The summed E-state index contributed by atoms with van der Waals surface area (Å²) in [5, 5.41) is 0. The third-order valence-corrected chi connectivity index (χ3v) is 0.835. The molecule has 0 unspecified atom stereocenters. The molecule has 0 aliphatic heterocycles. The van der Waals surface area contributed by atoms with Gasteiger partial charge in [-0.1, -0.05) is 0 Å². The highest BCUT2D eigenvalue weighted by Gasteiger charge is 2.24. The summed E-state index contributed by atoms with van der Waals surface area (Å²) in [6.07, 6.45) is -8.09. The minimum absolute atomic E-state index is 1.39. The van der Waals surface area contributed by atoms with Crippen molar-refractivity contribution >= 4 is 11.6 Å². The fraction of sp³-hybridized carbons (Fsp3) is 0.600. The summed E-state index contributed by atoms with van der Waals surface area (Å²) in [5.74, 6) is -3.54. The molecule has 0 fully saturated rings. The quantitative estimate of drug-likeness (QED) is 0.469. The number of carbonyl (C=O) groups excluding carboxylic acids is 2. The molecule has 0 atom stereocenters. The lowest BCUT2D eigenvalue weighted by Crippen LogP contribution is -2.19. The van der Waals surface area contributed by atoms with Crippen LogP contribution in [0.4, 0.5) is 17.6 Å². The van der Waals surface area contributed by atoms with Gasteiger partial charge < -0.3 is 0 Å². The zero-order chi connectivity index (χ0) is 9.02. The maximum absolute atomic E-state index is 11.3. The number of halogens is 4. The summed E-state index contributed by atoms with van der Waals surface area (Å²) >= 11 is 0. The van der Waals surface area contributed by atoms with Crippen molar-refractivity contribution in [3.8, 4) is 0 Å². The number of rotatable bonds is 4. The van der Waals surface area contributed by atoms with Gasteiger partial charge in [-0.05, 0) is 0 Å². The molecule has 0 saturated heterocycles. The summed E-state index contributed by atoms with van der Waals surface area (Å²) in [6.45, 7) is 0. The lowest BCUT2D eigenvalue weighted by Gasteiger charge is -1.96. The van der Waals surface area contributed by atoms with Crippen molar-refractivity contribution in [1.29, 1.82) is 0 Å². The molecule has 0 heterocycles. The Hall–Kier alpha value is -0.940. The van der Waals surface area contributed by atoms with Gasteiger partial charge >= 0.3 is 0 Å². The Kier molecular flexibility index (Phi) is 3.70. The van der Waals surface area contributed by atoms with Gasteiger partial charge in [0.25, 0.3) is 12.9 Å². The van der Waals surface area contributed by atoms with Gasteiger partial charge in [0.05, 0.1) is 6.42 Å². The van der Waals surface area contributed by atoms with Gasteiger partial charge in [-0.2, -0.15) is 0 Å². The van der Waals surface area contributed by atoms with Crippen LogP contribution in [0.2, 0.25) is 0 Å². The van der Waals surface area contributed by atoms with Crippen LogP contribution in [-0.4, -0.2) is 24.4 Å². The normalized spacial score (nSPS) is 10.7. The van der Waals surface area contributed by atoms with E-state index >= 15 is 0 Å². The Morgan fingerprint density at radius 3 is 1.36 bits per heavy atom. The van der Waals surface area contributed by atoms with E-state index < -0.39 is 30.8 Å². The van der Waals surface area contributed by atoms with Crippen LogP contribution in [0.25, 0.3) is 0 Å². The number of hydrogen-bond donors (Lipinski definition) is 0. The third-order valence-electron chi connectivity index (χ3n) is 0.835. The molecule has 0 aromatic heterocycles. The monoisotopic (exact) mass is 172 g/mol. The first kappa shape index (κ1) is 10.1. The van der Waals surface area contributed by atoms with Gasteiger partial charge in [-0.3, -0.25) is 9.59 Å². The Bertz CT molecular complexity index is 148. The standard InChI is InChI=1S/C5H4F4O2/c6-4(7)2(10)1-3(11)5(8)9/h4-5H,1H2. The predicted molar refractivity (Wildman–Crippen MR) is 26.6 cm³/mol. The lowest BCUT2D eigenvalue weighted by atomic mass is 10.2. The highest BCUT2D eigenvalue weighted by Crippen LogP contribution is 2.03. The van der Waals surface area contributed by atoms with Crippen LogP contribution in [0.1, 0.15) is 6.42 Å². The first-order valence-corrected chi connectivity index (χ1v) is 2.57. The maximum Gasteiger partial charge on any atom is 0.296 e. The molecule has 11 heavy (non-hydrogen) atoms. The zero-order valence-electron chi connectivity index (χ0n) is 5.19. The second-order valence-corrected chi connectivity index (χ2v) is 1.71. The van der Waals surface area contributed by atoms with Crippen LogP contribution in [0, 0.1) is 0 Å². The van der Waals surface area contributed by atoms with Crippen LogP contribution in [-0.2, 0) is 9.59 Å². The number of carbonyl (C=O) groups is 2. The van der Waals surface area contributed by atoms with Gasteiger partial charge in [0.2, 0.25) is 11.6 Å². The molecule has 0 aromatic rings.